The maximum absolute atomic E-state index is 12.0. The molecule has 1 saturated carbocycles. The molecule has 4 rings (SSSR count). The third-order valence-electron chi connectivity index (χ3n) is 5.08. The SMILES string of the molecule is CC(=O)Nc1cccc(Nc2cc(NC3(c4ccccc4)CC3)c(C(N)=O)cn2)c1. The lowest BCUT2D eigenvalue weighted by molar-refractivity contribution is -0.114. The molecule has 0 aliphatic heterocycles. The van der Waals surface area contributed by atoms with Crippen LogP contribution in [-0.4, -0.2) is 16.8 Å². The van der Waals surface area contributed by atoms with Gasteiger partial charge in [0.15, 0.2) is 0 Å². The Morgan fingerprint density at radius 3 is 2.40 bits per heavy atom. The quantitative estimate of drug-likeness (QED) is 0.479. The van der Waals surface area contributed by atoms with E-state index in [4.69, 9.17) is 5.73 Å². The Morgan fingerprint density at radius 2 is 1.73 bits per heavy atom. The number of pyridine rings is 1. The molecule has 3 aromatic rings. The first-order valence-corrected chi connectivity index (χ1v) is 9.73. The number of nitrogens with zero attached hydrogens (tertiary/aromatic N) is 1. The minimum absolute atomic E-state index is 0.141. The molecule has 152 valence electrons. The number of amides is 2. The van der Waals surface area contributed by atoms with Crippen molar-refractivity contribution in [3.8, 4) is 0 Å². The van der Waals surface area contributed by atoms with E-state index in [9.17, 15) is 9.59 Å². The van der Waals surface area contributed by atoms with Crippen molar-refractivity contribution in [3.63, 3.8) is 0 Å². The molecule has 2 aromatic carbocycles. The molecule has 1 heterocycles. The zero-order chi connectivity index (χ0) is 21.1. The highest BCUT2D eigenvalue weighted by Gasteiger charge is 2.44. The number of nitrogens with one attached hydrogen (secondary N) is 3. The van der Waals surface area contributed by atoms with Gasteiger partial charge in [0.2, 0.25) is 5.91 Å². The number of rotatable bonds is 7. The fraction of sp³-hybridized carbons (Fsp3) is 0.174. The summed E-state index contributed by atoms with van der Waals surface area (Å²) in [7, 11) is 0. The van der Waals surface area contributed by atoms with Gasteiger partial charge in [-0.1, -0.05) is 36.4 Å². The molecular formula is C23H23N5O2. The van der Waals surface area contributed by atoms with Crippen LogP contribution >= 0.6 is 0 Å². The Hall–Kier alpha value is -3.87. The van der Waals surface area contributed by atoms with E-state index in [1.165, 1.54) is 18.7 Å². The summed E-state index contributed by atoms with van der Waals surface area (Å²) in [6, 6.07) is 19.3. The van der Waals surface area contributed by atoms with Gasteiger partial charge in [0.1, 0.15) is 5.82 Å². The van der Waals surface area contributed by atoms with Gasteiger partial charge in [-0.2, -0.15) is 0 Å². The monoisotopic (exact) mass is 401 g/mol. The molecule has 5 N–H and O–H groups in total. The average molecular weight is 401 g/mol. The normalized spacial score (nSPS) is 13.9. The minimum Gasteiger partial charge on any atom is -0.375 e. The van der Waals surface area contributed by atoms with Crippen LogP contribution in [0.3, 0.4) is 0 Å². The smallest absolute Gasteiger partial charge is 0.252 e. The first kappa shape index (κ1) is 19.4. The Labute approximate surface area is 174 Å². The summed E-state index contributed by atoms with van der Waals surface area (Å²) < 4.78 is 0. The molecule has 1 aliphatic rings. The van der Waals surface area contributed by atoms with Crippen molar-refractivity contribution in [1.82, 2.24) is 4.98 Å². The van der Waals surface area contributed by atoms with Crippen molar-refractivity contribution < 1.29 is 9.59 Å². The maximum Gasteiger partial charge on any atom is 0.252 e. The second kappa shape index (κ2) is 7.87. The Bertz CT molecular complexity index is 1090. The second-order valence-electron chi connectivity index (χ2n) is 7.44. The fourth-order valence-corrected chi connectivity index (χ4v) is 3.48. The summed E-state index contributed by atoms with van der Waals surface area (Å²) in [6.07, 6.45) is 3.42. The van der Waals surface area contributed by atoms with E-state index in [1.807, 2.05) is 36.4 Å². The van der Waals surface area contributed by atoms with Crippen LogP contribution in [0, 0.1) is 0 Å². The molecule has 0 radical (unpaired) electrons. The molecule has 7 heteroatoms. The number of benzene rings is 2. The van der Waals surface area contributed by atoms with Crippen LogP contribution in [-0.2, 0) is 10.3 Å². The molecule has 30 heavy (non-hydrogen) atoms. The highest BCUT2D eigenvalue weighted by Crippen LogP contribution is 2.48. The first-order valence-electron chi connectivity index (χ1n) is 9.73. The van der Waals surface area contributed by atoms with Gasteiger partial charge in [0.05, 0.1) is 16.8 Å². The van der Waals surface area contributed by atoms with Crippen LogP contribution < -0.4 is 21.7 Å². The molecule has 0 bridgehead atoms. The highest BCUT2D eigenvalue weighted by atomic mass is 16.1. The van der Waals surface area contributed by atoms with E-state index in [-0.39, 0.29) is 11.4 Å². The first-order chi connectivity index (χ1) is 14.4. The minimum atomic E-state index is -0.534. The molecule has 2 amide bonds. The number of nitrogens with two attached hydrogens (primary N) is 1. The van der Waals surface area contributed by atoms with Gasteiger partial charge < -0.3 is 21.7 Å². The Balaban J connectivity index is 1.61. The molecule has 0 unspecified atom stereocenters. The largest absolute Gasteiger partial charge is 0.375 e. The Morgan fingerprint density at radius 1 is 1.00 bits per heavy atom. The lowest BCUT2D eigenvalue weighted by Crippen LogP contribution is -2.22. The van der Waals surface area contributed by atoms with Gasteiger partial charge in [-0.3, -0.25) is 9.59 Å². The number of primary amides is 1. The zero-order valence-electron chi connectivity index (χ0n) is 16.6. The Kier molecular flexibility index (Phi) is 5.10. The van der Waals surface area contributed by atoms with Crippen molar-refractivity contribution in [3.05, 3.63) is 78.0 Å². The number of hydrogen-bond donors (Lipinski definition) is 4. The molecular weight excluding hydrogens is 378 g/mol. The summed E-state index contributed by atoms with van der Waals surface area (Å²) >= 11 is 0. The summed E-state index contributed by atoms with van der Waals surface area (Å²) in [4.78, 5) is 27.6. The fourth-order valence-electron chi connectivity index (χ4n) is 3.48. The zero-order valence-corrected chi connectivity index (χ0v) is 16.6. The predicted molar refractivity (Wildman–Crippen MR) is 118 cm³/mol. The molecule has 1 aliphatic carbocycles. The summed E-state index contributed by atoms with van der Waals surface area (Å²) in [6.45, 7) is 1.46. The third kappa shape index (κ3) is 4.25. The number of aromatic nitrogens is 1. The molecule has 0 saturated heterocycles. The van der Waals surface area contributed by atoms with Gasteiger partial charge in [0, 0.05) is 30.6 Å². The van der Waals surface area contributed by atoms with Gasteiger partial charge in [0.25, 0.3) is 5.91 Å². The van der Waals surface area contributed by atoms with Crippen molar-refractivity contribution in [1.29, 1.82) is 0 Å². The lowest BCUT2D eigenvalue weighted by atomic mass is 10.0. The highest BCUT2D eigenvalue weighted by molar-refractivity contribution is 5.99. The average Bonchev–Trinajstić information content (AvgIpc) is 3.49. The number of anilines is 4. The van der Waals surface area contributed by atoms with Crippen LogP contribution in [0.2, 0.25) is 0 Å². The standard InChI is InChI=1S/C23H23N5O2/c1-15(29)26-17-8-5-9-18(12-17)27-21-13-20(19(14-25-21)22(24)30)28-23(10-11-23)16-6-3-2-4-7-16/h2-9,12-14H,10-11H2,1H3,(H2,24,30)(H,26,29)(H2,25,27,28). The van der Waals surface area contributed by atoms with E-state index < -0.39 is 5.91 Å². The molecule has 1 fully saturated rings. The molecule has 0 spiro atoms. The predicted octanol–water partition coefficient (Wildman–Crippen LogP) is 3.98. The molecule has 7 nitrogen and oxygen atoms in total. The van der Waals surface area contributed by atoms with Crippen molar-refractivity contribution in [2.24, 2.45) is 5.73 Å². The van der Waals surface area contributed by atoms with Crippen LogP contribution in [0.25, 0.3) is 0 Å². The van der Waals surface area contributed by atoms with E-state index in [2.05, 4.69) is 33.1 Å². The summed E-state index contributed by atoms with van der Waals surface area (Å²) in [5.74, 6) is -0.113. The van der Waals surface area contributed by atoms with Crippen molar-refractivity contribution in [2.45, 2.75) is 25.3 Å². The molecule has 1 aromatic heterocycles. The van der Waals surface area contributed by atoms with E-state index >= 15 is 0 Å². The van der Waals surface area contributed by atoms with Crippen molar-refractivity contribution in [2.75, 3.05) is 16.0 Å². The van der Waals surface area contributed by atoms with Crippen LogP contribution in [0.15, 0.2) is 66.9 Å². The molecule has 0 atom stereocenters. The number of carbonyl (C=O) groups excluding carboxylic acids is 2. The number of hydrogen-bond acceptors (Lipinski definition) is 5. The van der Waals surface area contributed by atoms with E-state index in [0.717, 1.165) is 18.5 Å². The number of carbonyl (C=O) groups is 2. The van der Waals surface area contributed by atoms with Gasteiger partial charge >= 0.3 is 0 Å². The van der Waals surface area contributed by atoms with Gasteiger partial charge in [-0.25, -0.2) is 4.98 Å². The van der Waals surface area contributed by atoms with Crippen LogP contribution in [0.1, 0.15) is 35.7 Å². The second-order valence-corrected chi connectivity index (χ2v) is 7.44. The van der Waals surface area contributed by atoms with Crippen LogP contribution in [0.5, 0.6) is 0 Å². The summed E-state index contributed by atoms with van der Waals surface area (Å²) in [5, 5.41) is 9.49. The third-order valence-corrected chi connectivity index (χ3v) is 5.08. The van der Waals surface area contributed by atoms with Gasteiger partial charge in [-0.05, 0) is 36.6 Å². The van der Waals surface area contributed by atoms with E-state index in [0.29, 0.717) is 22.8 Å². The van der Waals surface area contributed by atoms with E-state index in [1.54, 1.807) is 12.1 Å². The maximum atomic E-state index is 12.0. The van der Waals surface area contributed by atoms with Crippen molar-refractivity contribution >= 4 is 34.7 Å². The van der Waals surface area contributed by atoms with Crippen LogP contribution in [0.4, 0.5) is 22.9 Å². The van der Waals surface area contributed by atoms with Gasteiger partial charge in [-0.15, -0.1) is 0 Å². The summed E-state index contributed by atoms with van der Waals surface area (Å²) in [5.41, 5.74) is 8.98. The topological polar surface area (TPSA) is 109 Å². The lowest BCUT2D eigenvalue weighted by Gasteiger charge is -2.21.